The number of carbonyl (C=O) groups is 1. The Morgan fingerprint density at radius 1 is 1.11 bits per heavy atom. The van der Waals surface area contributed by atoms with Crippen LogP contribution < -0.4 is 5.32 Å². The normalized spacial score (nSPS) is 18.2. The molecule has 146 valence electrons. The quantitative estimate of drug-likeness (QED) is 0.714. The first-order valence-electron chi connectivity index (χ1n) is 9.33. The van der Waals surface area contributed by atoms with Crippen LogP contribution >= 0.6 is 0 Å². The number of hydrogen-bond acceptors (Lipinski definition) is 4. The van der Waals surface area contributed by atoms with Gasteiger partial charge in [0, 0.05) is 18.9 Å². The fraction of sp³-hybridized carbons (Fsp3) is 0.300. The SMILES string of the molecule is O=C(NCc1cn2ccccc2n1)C1CCCCN1S(=O)(=O)c1ccccc1. The molecule has 1 aliphatic heterocycles. The van der Waals surface area contributed by atoms with Crippen molar-refractivity contribution in [2.75, 3.05) is 6.54 Å². The molecule has 4 rings (SSSR count). The van der Waals surface area contributed by atoms with Crippen LogP contribution in [0.2, 0.25) is 0 Å². The van der Waals surface area contributed by atoms with Crippen molar-refractivity contribution in [3.63, 3.8) is 0 Å². The van der Waals surface area contributed by atoms with E-state index in [0.717, 1.165) is 24.2 Å². The van der Waals surface area contributed by atoms with Gasteiger partial charge < -0.3 is 9.72 Å². The van der Waals surface area contributed by atoms with Crippen molar-refractivity contribution in [3.05, 3.63) is 66.6 Å². The Hall–Kier alpha value is -2.71. The fourth-order valence-electron chi connectivity index (χ4n) is 3.55. The number of sulfonamides is 1. The van der Waals surface area contributed by atoms with E-state index in [1.807, 2.05) is 35.0 Å². The maximum absolute atomic E-state index is 13.0. The Bertz CT molecular complexity index is 1050. The lowest BCUT2D eigenvalue weighted by molar-refractivity contribution is -0.125. The first kappa shape index (κ1) is 18.6. The molecule has 1 aliphatic rings. The van der Waals surface area contributed by atoms with Gasteiger partial charge in [0.15, 0.2) is 0 Å². The van der Waals surface area contributed by atoms with Crippen LogP contribution in [0.15, 0.2) is 65.8 Å². The van der Waals surface area contributed by atoms with E-state index in [2.05, 4.69) is 10.3 Å². The maximum atomic E-state index is 13.0. The van der Waals surface area contributed by atoms with Gasteiger partial charge in [-0.15, -0.1) is 0 Å². The Kier molecular flexibility index (Phi) is 5.15. The van der Waals surface area contributed by atoms with E-state index >= 15 is 0 Å². The largest absolute Gasteiger partial charge is 0.349 e. The summed E-state index contributed by atoms with van der Waals surface area (Å²) in [6.07, 6.45) is 5.84. The fourth-order valence-corrected chi connectivity index (χ4v) is 5.23. The Balaban J connectivity index is 1.50. The lowest BCUT2D eigenvalue weighted by Crippen LogP contribution is -2.51. The number of piperidine rings is 1. The van der Waals surface area contributed by atoms with Gasteiger partial charge in [-0.1, -0.05) is 30.7 Å². The van der Waals surface area contributed by atoms with Crippen molar-refractivity contribution in [2.45, 2.75) is 36.7 Å². The van der Waals surface area contributed by atoms with Crippen molar-refractivity contribution in [3.8, 4) is 0 Å². The Morgan fingerprint density at radius 2 is 1.89 bits per heavy atom. The monoisotopic (exact) mass is 398 g/mol. The number of benzene rings is 1. The number of amides is 1. The molecule has 1 aromatic carbocycles. The number of pyridine rings is 1. The number of fused-ring (bicyclic) bond motifs is 1. The van der Waals surface area contributed by atoms with E-state index in [1.165, 1.54) is 4.31 Å². The van der Waals surface area contributed by atoms with Crippen molar-refractivity contribution in [1.82, 2.24) is 19.0 Å². The van der Waals surface area contributed by atoms with Gasteiger partial charge in [-0.2, -0.15) is 4.31 Å². The molecule has 0 aliphatic carbocycles. The highest BCUT2D eigenvalue weighted by Crippen LogP contribution is 2.25. The number of hydrogen-bond donors (Lipinski definition) is 1. The number of imidazole rings is 1. The second-order valence-corrected chi connectivity index (χ2v) is 8.75. The molecule has 1 atom stereocenters. The number of aromatic nitrogens is 2. The molecule has 8 heteroatoms. The number of rotatable bonds is 5. The zero-order valence-electron chi connectivity index (χ0n) is 15.4. The summed E-state index contributed by atoms with van der Waals surface area (Å²) in [5.41, 5.74) is 1.53. The van der Waals surface area contributed by atoms with Crippen LogP contribution in [0.5, 0.6) is 0 Å². The van der Waals surface area contributed by atoms with Gasteiger partial charge in [0.2, 0.25) is 15.9 Å². The zero-order valence-corrected chi connectivity index (χ0v) is 16.2. The molecule has 0 saturated carbocycles. The second-order valence-electron chi connectivity index (χ2n) is 6.86. The highest BCUT2D eigenvalue weighted by Gasteiger charge is 2.37. The number of nitrogens with zero attached hydrogens (tertiary/aromatic N) is 3. The number of nitrogens with one attached hydrogen (secondary N) is 1. The molecule has 0 bridgehead atoms. The number of carbonyl (C=O) groups excluding carboxylic acids is 1. The molecule has 3 heterocycles. The third-order valence-corrected chi connectivity index (χ3v) is 6.89. The van der Waals surface area contributed by atoms with Crippen LogP contribution in [0, 0.1) is 0 Å². The molecule has 0 radical (unpaired) electrons. The molecular weight excluding hydrogens is 376 g/mol. The van der Waals surface area contributed by atoms with E-state index in [9.17, 15) is 13.2 Å². The topological polar surface area (TPSA) is 83.8 Å². The first-order valence-corrected chi connectivity index (χ1v) is 10.8. The molecule has 1 fully saturated rings. The highest BCUT2D eigenvalue weighted by molar-refractivity contribution is 7.89. The molecule has 1 unspecified atom stereocenters. The molecular formula is C20H22N4O3S. The average Bonchev–Trinajstić information content (AvgIpc) is 3.15. The molecule has 3 aromatic rings. The van der Waals surface area contributed by atoms with Gasteiger partial charge >= 0.3 is 0 Å². The molecule has 1 amide bonds. The minimum Gasteiger partial charge on any atom is -0.349 e. The van der Waals surface area contributed by atoms with Crippen molar-refractivity contribution in [2.24, 2.45) is 0 Å². The summed E-state index contributed by atoms with van der Waals surface area (Å²) in [5.74, 6) is -0.281. The maximum Gasteiger partial charge on any atom is 0.243 e. The van der Waals surface area contributed by atoms with Gasteiger partial charge in [0.05, 0.1) is 17.1 Å². The van der Waals surface area contributed by atoms with E-state index in [0.29, 0.717) is 13.0 Å². The third-order valence-electron chi connectivity index (χ3n) is 4.96. The summed E-state index contributed by atoms with van der Waals surface area (Å²) in [5, 5.41) is 2.86. The van der Waals surface area contributed by atoms with Crippen LogP contribution in [0.25, 0.3) is 5.65 Å². The standard InChI is InChI=1S/C20H22N4O3S/c25-20(21-14-16-15-23-12-6-5-11-19(23)22-16)18-10-4-7-13-24(18)28(26,27)17-8-2-1-3-9-17/h1-3,5-6,8-9,11-12,15,18H,4,7,10,13-14H2,(H,21,25). The molecule has 1 N–H and O–H groups in total. The van der Waals surface area contributed by atoms with E-state index < -0.39 is 16.1 Å². The predicted octanol–water partition coefficient (Wildman–Crippen LogP) is 2.19. The van der Waals surface area contributed by atoms with Gasteiger partial charge in [-0.05, 0) is 37.1 Å². The van der Waals surface area contributed by atoms with Crippen molar-refractivity contribution < 1.29 is 13.2 Å². The highest BCUT2D eigenvalue weighted by atomic mass is 32.2. The summed E-state index contributed by atoms with van der Waals surface area (Å²) >= 11 is 0. The lowest BCUT2D eigenvalue weighted by atomic mass is 10.0. The summed E-state index contributed by atoms with van der Waals surface area (Å²) in [4.78, 5) is 17.5. The summed E-state index contributed by atoms with van der Waals surface area (Å²) in [6, 6.07) is 13.3. The van der Waals surface area contributed by atoms with Gasteiger partial charge in [-0.3, -0.25) is 4.79 Å². The van der Waals surface area contributed by atoms with Crippen LogP contribution in [0.3, 0.4) is 0 Å². The van der Waals surface area contributed by atoms with Crippen molar-refractivity contribution >= 4 is 21.6 Å². The van der Waals surface area contributed by atoms with Crippen molar-refractivity contribution in [1.29, 1.82) is 0 Å². The summed E-state index contributed by atoms with van der Waals surface area (Å²) in [6.45, 7) is 0.611. The third kappa shape index (κ3) is 3.65. The van der Waals surface area contributed by atoms with E-state index in [1.54, 1.807) is 30.3 Å². The van der Waals surface area contributed by atoms with Crippen LogP contribution in [0.1, 0.15) is 25.0 Å². The van der Waals surface area contributed by atoms with Crippen LogP contribution in [0.4, 0.5) is 0 Å². The minimum absolute atomic E-state index is 0.218. The predicted molar refractivity (Wildman–Crippen MR) is 105 cm³/mol. The van der Waals surface area contributed by atoms with Crippen LogP contribution in [-0.2, 0) is 21.4 Å². The summed E-state index contributed by atoms with van der Waals surface area (Å²) < 4.78 is 29.3. The second kappa shape index (κ2) is 7.73. The molecule has 0 spiro atoms. The Labute approximate surface area is 164 Å². The zero-order chi connectivity index (χ0) is 19.6. The smallest absolute Gasteiger partial charge is 0.243 e. The molecule has 7 nitrogen and oxygen atoms in total. The van der Waals surface area contributed by atoms with Gasteiger partial charge in [0.25, 0.3) is 0 Å². The lowest BCUT2D eigenvalue weighted by Gasteiger charge is -2.33. The first-order chi connectivity index (χ1) is 13.6. The Morgan fingerprint density at radius 3 is 2.68 bits per heavy atom. The molecule has 1 saturated heterocycles. The van der Waals surface area contributed by atoms with Gasteiger partial charge in [0.1, 0.15) is 11.7 Å². The van der Waals surface area contributed by atoms with E-state index in [-0.39, 0.29) is 17.3 Å². The van der Waals surface area contributed by atoms with E-state index in [4.69, 9.17) is 0 Å². The molecule has 2 aromatic heterocycles. The minimum atomic E-state index is -3.71. The van der Waals surface area contributed by atoms with Gasteiger partial charge in [-0.25, -0.2) is 13.4 Å². The van der Waals surface area contributed by atoms with Crippen LogP contribution in [-0.4, -0.2) is 40.6 Å². The molecule has 28 heavy (non-hydrogen) atoms. The average molecular weight is 398 g/mol. The summed E-state index contributed by atoms with van der Waals surface area (Å²) in [7, 11) is -3.71.